The van der Waals surface area contributed by atoms with E-state index in [1.54, 1.807) is 53.7 Å². The second-order valence-corrected chi connectivity index (χ2v) is 10.8. The summed E-state index contributed by atoms with van der Waals surface area (Å²) in [4.78, 5) is 34.1. The molecule has 0 radical (unpaired) electrons. The molecule has 8 nitrogen and oxygen atoms in total. The van der Waals surface area contributed by atoms with Crippen LogP contribution in [0.25, 0.3) is 0 Å². The second kappa shape index (κ2) is 12.8. The van der Waals surface area contributed by atoms with E-state index < -0.39 is 6.04 Å². The monoisotopic (exact) mass is 570 g/mol. The molecule has 0 aliphatic carbocycles. The highest BCUT2D eigenvalue weighted by Crippen LogP contribution is 2.31. The van der Waals surface area contributed by atoms with E-state index in [0.29, 0.717) is 52.2 Å². The number of amides is 2. The number of carbonyl (C=O) groups is 2. The summed E-state index contributed by atoms with van der Waals surface area (Å²) in [5.74, 6) is -0.177. The van der Waals surface area contributed by atoms with Crippen molar-refractivity contribution in [1.82, 2.24) is 14.8 Å². The molecule has 1 aliphatic rings. The third kappa shape index (κ3) is 7.08. The van der Waals surface area contributed by atoms with Gasteiger partial charge in [-0.25, -0.2) is 0 Å². The minimum absolute atomic E-state index is 0.0292. The lowest BCUT2D eigenvalue weighted by Gasteiger charge is -2.38. The summed E-state index contributed by atoms with van der Waals surface area (Å²) in [6, 6.07) is 13.5. The van der Waals surface area contributed by atoms with Crippen LogP contribution < -0.4 is 10.1 Å². The van der Waals surface area contributed by atoms with E-state index in [1.165, 1.54) is 0 Å². The van der Waals surface area contributed by atoms with E-state index in [1.807, 2.05) is 33.0 Å². The maximum Gasteiger partial charge on any atom is 0.258 e. The first-order valence-corrected chi connectivity index (χ1v) is 13.5. The smallest absolute Gasteiger partial charge is 0.258 e. The molecule has 0 spiro atoms. The first-order chi connectivity index (χ1) is 18.7. The molecule has 4 rings (SSSR count). The van der Waals surface area contributed by atoms with Gasteiger partial charge in [-0.3, -0.25) is 19.5 Å². The number of hydrogen-bond acceptors (Lipinski definition) is 6. The van der Waals surface area contributed by atoms with E-state index in [-0.39, 0.29) is 30.4 Å². The maximum absolute atomic E-state index is 13.7. The van der Waals surface area contributed by atoms with Gasteiger partial charge in [-0.2, -0.15) is 0 Å². The van der Waals surface area contributed by atoms with Crippen LogP contribution in [0.1, 0.15) is 40.1 Å². The standard InChI is InChI=1S/C29H32Cl2N4O4/c1-18-14-35(19(2)17-36)29(38)23-13-22(33-28(37)21-8-10-32-11-9-21)5-7-26(23)39-27(18)16-34(3)15-20-4-6-24(30)25(31)12-20/h4-13,18-19,27,36H,14-17H2,1-3H3,(H,33,37)/t18-,19-,27+/m0/s1. The maximum atomic E-state index is 13.7. The highest BCUT2D eigenvalue weighted by molar-refractivity contribution is 6.42. The first-order valence-electron chi connectivity index (χ1n) is 12.7. The first kappa shape index (κ1) is 28.8. The highest BCUT2D eigenvalue weighted by Gasteiger charge is 2.33. The quantitative estimate of drug-likeness (QED) is 0.396. The third-order valence-electron chi connectivity index (χ3n) is 6.79. The third-order valence-corrected chi connectivity index (χ3v) is 7.53. The number of ether oxygens (including phenoxy) is 1. The Balaban J connectivity index is 1.59. The molecule has 39 heavy (non-hydrogen) atoms. The van der Waals surface area contributed by atoms with Crippen molar-refractivity contribution >= 4 is 40.7 Å². The molecule has 2 heterocycles. The molecule has 10 heteroatoms. The molecular formula is C29H32Cl2N4O4. The molecule has 3 aromatic rings. The number of likely N-dealkylation sites (N-methyl/N-ethyl adjacent to an activating group) is 1. The van der Waals surface area contributed by atoms with Gasteiger partial charge in [0.1, 0.15) is 11.9 Å². The van der Waals surface area contributed by atoms with Gasteiger partial charge in [0, 0.05) is 49.2 Å². The van der Waals surface area contributed by atoms with E-state index in [2.05, 4.69) is 15.2 Å². The van der Waals surface area contributed by atoms with Crippen LogP contribution in [-0.4, -0.2) is 70.6 Å². The van der Waals surface area contributed by atoms with Crippen LogP contribution in [0.5, 0.6) is 5.75 Å². The summed E-state index contributed by atoms with van der Waals surface area (Å²) >= 11 is 12.3. The predicted octanol–water partition coefficient (Wildman–Crippen LogP) is 4.99. The number of aliphatic hydroxyl groups excluding tert-OH is 1. The van der Waals surface area contributed by atoms with Gasteiger partial charge in [0.05, 0.1) is 28.3 Å². The molecule has 0 saturated carbocycles. The number of anilines is 1. The largest absolute Gasteiger partial charge is 0.488 e. The molecule has 1 aliphatic heterocycles. The number of hydrogen-bond donors (Lipinski definition) is 2. The summed E-state index contributed by atoms with van der Waals surface area (Å²) in [7, 11) is 2.00. The molecule has 2 aromatic carbocycles. The topological polar surface area (TPSA) is 95.0 Å². The van der Waals surface area contributed by atoms with E-state index in [0.717, 1.165) is 5.56 Å². The number of aliphatic hydroxyl groups is 1. The number of rotatable bonds is 8. The minimum atomic E-state index is -0.393. The van der Waals surface area contributed by atoms with Crippen LogP contribution in [0.3, 0.4) is 0 Å². The Bertz CT molecular complexity index is 1320. The Kier molecular flexibility index (Phi) is 9.45. The van der Waals surface area contributed by atoms with E-state index >= 15 is 0 Å². The van der Waals surface area contributed by atoms with Gasteiger partial charge >= 0.3 is 0 Å². The normalized spacial score (nSPS) is 18.1. The van der Waals surface area contributed by atoms with Gasteiger partial charge in [-0.1, -0.05) is 36.2 Å². The molecule has 0 bridgehead atoms. The summed E-state index contributed by atoms with van der Waals surface area (Å²) in [6.07, 6.45) is 2.83. The Morgan fingerprint density at radius 2 is 1.92 bits per heavy atom. The zero-order valence-electron chi connectivity index (χ0n) is 22.1. The van der Waals surface area contributed by atoms with Crippen LogP contribution in [0.2, 0.25) is 10.0 Å². The lowest BCUT2D eigenvalue weighted by Crippen LogP contribution is -2.49. The second-order valence-electron chi connectivity index (χ2n) is 9.97. The van der Waals surface area contributed by atoms with Crippen molar-refractivity contribution in [3.8, 4) is 5.75 Å². The lowest BCUT2D eigenvalue weighted by molar-refractivity contribution is 0.0341. The lowest BCUT2D eigenvalue weighted by atomic mass is 9.99. The van der Waals surface area contributed by atoms with Crippen molar-refractivity contribution in [2.45, 2.75) is 32.5 Å². The Morgan fingerprint density at radius 3 is 2.62 bits per heavy atom. The van der Waals surface area contributed by atoms with Gasteiger partial charge in [0.15, 0.2) is 0 Å². The van der Waals surface area contributed by atoms with Crippen LogP contribution in [0.4, 0.5) is 5.69 Å². The number of nitrogens with one attached hydrogen (secondary N) is 1. The zero-order valence-corrected chi connectivity index (χ0v) is 23.6. The van der Waals surface area contributed by atoms with E-state index in [4.69, 9.17) is 27.9 Å². The Morgan fingerprint density at radius 1 is 1.18 bits per heavy atom. The summed E-state index contributed by atoms with van der Waals surface area (Å²) in [6.45, 7) is 5.29. The average Bonchev–Trinajstić information content (AvgIpc) is 2.93. The number of nitrogens with zero attached hydrogens (tertiary/aromatic N) is 3. The van der Waals surface area contributed by atoms with E-state index in [9.17, 15) is 14.7 Å². The molecule has 0 saturated heterocycles. The molecule has 2 N–H and O–H groups in total. The number of pyridine rings is 1. The fourth-order valence-electron chi connectivity index (χ4n) is 4.55. The molecule has 3 atom stereocenters. The van der Waals surface area contributed by atoms with Gasteiger partial charge in [-0.15, -0.1) is 0 Å². The molecule has 2 amide bonds. The number of halogens is 2. The molecule has 206 valence electrons. The highest BCUT2D eigenvalue weighted by atomic mass is 35.5. The molecule has 1 aromatic heterocycles. The van der Waals surface area contributed by atoms with Crippen LogP contribution in [0.15, 0.2) is 60.9 Å². The van der Waals surface area contributed by atoms with Gasteiger partial charge in [-0.05, 0) is 62.0 Å². The van der Waals surface area contributed by atoms with Crippen molar-refractivity contribution in [2.24, 2.45) is 5.92 Å². The Hall–Kier alpha value is -3.17. The van der Waals surface area contributed by atoms with Crippen LogP contribution in [-0.2, 0) is 6.54 Å². The summed E-state index contributed by atoms with van der Waals surface area (Å²) in [5.41, 5.74) is 2.26. The number of fused-ring (bicyclic) bond motifs is 1. The fraction of sp³-hybridized carbons (Fsp3) is 0.345. The van der Waals surface area contributed by atoms with Crippen LogP contribution >= 0.6 is 23.2 Å². The fourth-order valence-corrected chi connectivity index (χ4v) is 4.87. The van der Waals surface area contributed by atoms with Crippen LogP contribution in [0, 0.1) is 5.92 Å². The summed E-state index contributed by atoms with van der Waals surface area (Å²) < 4.78 is 6.46. The average molecular weight is 572 g/mol. The van der Waals surface area contributed by atoms with Crippen molar-refractivity contribution in [3.63, 3.8) is 0 Å². The predicted molar refractivity (Wildman–Crippen MR) is 153 cm³/mol. The Labute approximate surface area is 238 Å². The van der Waals surface area contributed by atoms with Crippen molar-refractivity contribution in [2.75, 3.05) is 32.1 Å². The minimum Gasteiger partial charge on any atom is -0.488 e. The molecule has 0 unspecified atom stereocenters. The van der Waals surface area contributed by atoms with Crippen molar-refractivity contribution < 1.29 is 19.4 Å². The van der Waals surface area contributed by atoms with Crippen molar-refractivity contribution in [1.29, 1.82) is 0 Å². The SMILES string of the molecule is C[C@H]1CN([C@@H](C)CO)C(=O)c2cc(NC(=O)c3ccncc3)ccc2O[C@@H]1CN(C)Cc1ccc(Cl)c(Cl)c1. The summed E-state index contributed by atoms with van der Waals surface area (Å²) in [5, 5.41) is 13.8. The van der Waals surface area contributed by atoms with Gasteiger partial charge in [0.2, 0.25) is 0 Å². The number of carbonyl (C=O) groups excluding carboxylic acids is 2. The number of aromatic nitrogens is 1. The zero-order chi connectivity index (χ0) is 28.1. The van der Waals surface area contributed by atoms with Crippen molar-refractivity contribution in [3.05, 3.63) is 87.7 Å². The molecule has 0 fully saturated rings. The van der Waals surface area contributed by atoms with Gasteiger partial charge in [0.25, 0.3) is 11.8 Å². The molecular weight excluding hydrogens is 539 g/mol. The van der Waals surface area contributed by atoms with Gasteiger partial charge < -0.3 is 20.1 Å². The number of benzene rings is 2.